The Balaban J connectivity index is 2.78. The molecule has 100 valence electrons. The second-order valence-corrected chi connectivity index (χ2v) is 4.86. The topological polar surface area (TPSA) is 29.1 Å². The lowest BCUT2D eigenvalue weighted by Crippen LogP contribution is -2.27. The number of hydrogen-bond donors (Lipinski definition) is 1. The zero-order valence-electron chi connectivity index (χ0n) is 12.0. The summed E-state index contributed by atoms with van der Waals surface area (Å²) < 4.78 is 0. The van der Waals surface area contributed by atoms with Crippen LogP contribution in [0.25, 0.3) is 0 Å². The van der Waals surface area contributed by atoms with Gasteiger partial charge in [-0.25, -0.2) is 0 Å². The van der Waals surface area contributed by atoms with Gasteiger partial charge >= 0.3 is 0 Å². The molecule has 1 aromatic carbocycles. The average molecular weight is 247 g/mol. The Morgan fingerprint density at radius 2 is 1.61 bits per heavy atom. The molecule has 0 saturated heterocycles. The van der Waals surface area contributed by atoms with E-state index in [0.717, 1.165) is 12.8 Å². The monoisotopic (exact) mass is 247 g/mol. The summed E-state index contributed by atoms with van der Waals surface area (Å²) in [5, 5.41) is 3.06. The molecule has 0 fully saturated rings. The maximum atomic E-state index is 11.5. The zero-order valence-corrected chi connectivity index (χ0v) is 12.0. The van der Waals surface area contributed by atoms with Gasteiger partial charge in [0.2, 0.25) is 5.91 Å². The number of carbonyl (C=O) groups excluding carboxylic acids is 1. The van der Waals surface area contributed by atoms with Crippen LogP contribution in [0.4, 0.5) is 0 Å². The van der Waals surface area contributed by atoms with Crippen molar-refractivity contribution in [2.75, 3.05) is 0 Å². The molecule has 0 aliphatic carbocycles. The van der Waals surface area contributed by atoms with Gasteiger partial charge in [0.25, 0.3) is 0 Å². The third-order valence-electron chi connectivity index (χ3n) is 3.58. The van der Waals surface area contributed by atoms with Gasteiger partial charge in [0.05, 0.1) is 6.04 Å². The van der Waals surface area contributed by atoms with Gasteiger partial charge in [-0.2, -0.15) is 0 Å². The van der Waals surface area contributed by atoms with E-state index in [1.54, 1.807) is 0 Å². The van der Waals surface area contributed by atoms with E-state index in [1.165, 1.54) is 11.1 Å². The molecule has 0 aliphatic rings. The summed E-state index contributed by atoms with van der Waals surface area (Å²) in [6, 6.07) is 8.80. The van der Waals surface area contributed by atoms with E-state index in [9.17, 15) is 4.79 Å². The molecule has 2 heteroatoms. The summed E-state index contributed by atoms with van der Waals surface area (Å²) in [4.78, 5) is 11.5. The first-order valence-electron chi connectivity index (χ1n) is 7.01. The summed E-state index contributed by atoms with van der Waals surface area (Å²) in [6.45, 7) is 8.43. The van der Waals surface area contributed by atoms with Crippen LogP contribution in [-0.4, -0.2) is 5.91 Å². The Kier molecular flexibility index (Phi) is 5.90. The number of benzene rings is 1. The molecule has 1 aromatic rings. The third kappa shape index (κ3) is 3.86. The molecule has 2 atom stereocenters. The van der Waals surface area contributed by atoms with Crippen molar-refractivity contribution >= 4 is 5.91 Å². The Bertz CT molecular complexity index is 369. The van der Waals surface area contributed by atoms with Crippen LogP contribution in [0.15, 0.2) is 24.3 Å². The first kappa shape index (κ1) is 14.7. The van der Waals surface area contributed by atoms with E-state index in [4.69, 9.17) is 0 Å². The molecule has 1 rings (SSSR count). The van der Waals surface area contributed by atoms with Crippen LogP contribution in [-0.2, 0) is 4.79 Å². The highest BCUT2D eigenvalue weighted by Crippen LogP contribution is 2.22. The Morgan fingerprint density at radius 1 is 1.06 bits per heavy atom. The van der Waals surface area contributed by atoms with Gasteiger partial charge in [-0.15, -0.1) is 0 Å². The minimum atomic E-state index is 0.118. The largest absolute Gasteiger partial charge is 0.349 e. The predicted octanol–water partition coefficient (Wildman–Crippen LogP) is 4.18. The standard InChI is InChI=1S/C16H25NO/c1-5-12(4)13-8-10-14(11-9-13)15(6-2)17-16(18)7-3/h8-12,15H,5-7H2,1-4H3,(H,17,18)/t12-,15+/m1/s1. The van der Waals surface area contributed by atoms with Crippen molar-refractivity contribution in [3.63, 3.8) is 0 Å². The van der Waals surface area contributed by atoms with Crippen LogP contribution < -0.4 is 5.32 Å². The summed E-state index contributed by atoms with van der Waals surface area (Å²) in [5.74, 6) is 0.720. The summed E-state index contributed by atoms with van der Waals surface area (Å²) in [6.07, 6.45) is 2.62. The molecule has 1 amide bonds. The zero-order chi connectivity index (χ0) is 13.5. The Labute approximate surface area is 111 Å². The maximum Gasteiger partial charge on any atom is 0.220 e. The fourth-order valence-corrected chi connectivity index (χ4v) is 2.01. The molecule has 18 heavy (non-hydrogen) atoms. The number of amides is 1. The van der Waals surface area contributed by atoms with E-state index in [1.807, 2.05) is 6.92 Å². The summed E-state index contributed by atoms with van der Waals surface area (Å²) in [5.41, 5.74) is 2.57. The molecule has 0 heterocycles. The second-order valence-electron chi connectivity index (χ2n) is 4.86. The number of hydrogen-bond acceptors (Lipinski definition) is 1. The fourth-order valence-electron chi connectivity index (χ4n) is 2.01. The lowest BCUT2D eigenvalue weighted by molar-refractivity contribution is -0.121. The molecule has 0 spiro atoms. The first-order chi connectivity index (χ1) is 8.62. The number of carbonyl (C=O) groups is 1. The Hall–Kier alpha value is -1.31. The fraction of sp³-hybridized carbons (Fsp3) is 0.562. The van der Waals surface area contributed by atoms with Gasteiger partial charge in [-0.05, 0) is 29.9 Å². The van der Waals surface area contributed by atoms with Crippen LogP contribution in [0.1, 0.15) is 70.0 Å². The van der Waals surface area contributed by atoms with Crippen LogP contribution >= 0.6 is 0 Å². The predicted molar refractivity (Wildman–Crippen MR) is 76.6 cm³/mol. The van der Waals surface area contributed by atoms with Crippen LogP contribution in [0.5, 0.6) is 0 Å². The van der Waals surface area contributed by atoms with Gasteiger partial charge in [0.1, 0.15) is 0 Å². The molecular weight excluding hydrogens is 222 g/mol. The Morgan fingerprint density at radius 3 is 2.06 bits per heavy atom. The molecule has 2 nitrogen and oxygen atoms in total. The molecule has 0 saturated carbocycles. The van der Waals surface area contributed by atoms with Crippen LogP contribution in [0.2, 0.25) is 0 Å². The highest BCUT2D eigenvalue weighted by molar-refractivity contribution is 5.76. The van der Waals surface area contributed by atoms with Gasteiger partial charge in [0, 0.05) is 6.42 Å². The maximum absolute atomic E-state index is 11.5. The van der Waals surface area contributed by atoms with Gasteiger partial charge in [-0.1, -0.05) is 52.0 Å². The van der Waals surface area contributed by atoms with Crippen molar-refractivity contribution in [1.82, 2.24) is 5.32 Å². The van der Waals surface area contributed by atoms with Gasteiger partial charge < -0.3 is 5.32 Å². The van der Waals surface area contributed by atoms with E-state index in [-0.39, 0.29) is 11.9 Å². The smallest absolute Gasteiger partial charge is 0.220 e. The lowest BCUT2D eigenvalue weighted by atomic mass is 9.95. The molecule has 0 bridgehead atoms. The van der Waals surface area contributed by atoms with Crippen molar-refractivity contribution in [2.24, 2.45) is 0 Å². The number of nitrogens with one attached hydrogen (secondary N) is 1. The molecular formula is C16H25NO. The van der Waals surface area contributed by atoms with Gasteiger partial charge in [0.15, 0.2) is 0 Å². The minimum Gasteiger partial charge on any atom is -0.349 e. The molecule has 0 aromatic heterocycles. The van der Waals surface area contributed by atoms with Crippen LogP contribution in [0.3, 0.4) is 0 Å². The van der Waals surface area contributed by atoms with Crippen molar-refractivity contribution in [2.45, 2.75) is 58.9 Å². The number of rotatable bonds is 6. The van der Waals surface area contributed by atoms with E-state index < -0.39 is 0 Å². The van der Waals surface area contributed by atoms with Gasteiger partial charge in [-0.3, -0.25) is 4.79 Å². The third-order valence-corrected chi connectivity index (χ3v) is 3.58. The molecule has 1 N–H and O–H groups in total. The van der Waals surface area contributed by atoms with Crippen molar-refractivity contribution in [3.05, 3.63) is 35.4 Å². The quantitative estimate of drug-likeness (QED) is 0.803. The van der Waals surface area contributed by atoms with E-state index in [0.29, 0.717) is 12.3 Å². The lowest BCUT2D eigenvalue weighted by Gasteiger charge is -2.18. The molecule has 0 aliphatic heterocycles. The highest BCUT2D eigenvalue weighted by Gasteiger charge is 2.12. The molecule has 0 unspecified atom stereocenters. The SMILES string of the molecule is CCC(=O)N[C@@H](CC)c1ccc([C@H](C)CC)cc1. The van der Waals surface area contributed by atoms with Crippen LogP contribution in [0, 0.1) is 0 Å². The highest BCUT2D eigenvalue weighted by atomic mass is 16.1. The summed E-state index contributed by atoms with van der Waals surface area (Å²) >= 11 is 0. The average Bonchev–Trinajstić information content (AvgIpc) is 2.43. The van der Waals surface area contributed by atoms with Crippen molar-refractivity contribution in [1.29, 1.82) is 0 Å². The molecule has 0 radical (unpaired) electrons. The minimum absolute atomic E-state index is 0.118. The van der Waals surface area contributed by atoms with Crippen molar-refractivity contribution in [3.8, 4) is 0 Å². The first-order valence-corrected chi connectivity index (χ1v) is 7.01. The van der Waals surface area contributed by atoms with Crippen molar-refractivity contribution < 1.29 is 4.79 Å². The second kappa shape index (κ2) is 7.20. The normalized spacial score (nSPS) is 14.0. The van der Waals surface area contributed by atoms with E-state index >= 15 is 0 Å². The summed E-state index contributed by atoms with van der Waals surface area (Å²) in [7, 11) is 0. The van der Waals surface area contributed by atoms with E-state index in [2.05, 4.69) is 50.4 Å².